The summed E-state index contributed by atoms with van der Waals surface area (Å²) in [5.74, 6) is 0. The van der Waals surface area contributed by atoms with Crippen molar-refractivity contribution in [2.75, 3.05) is 13.2 Å². The van der Waals surface area contributed by atoms with Crippen LogP contribution in [0, 0.1) is 16.7 Å². The molecule has 1 aliphatic carbocycles. The molecule has 1 rings (SSSR count). The fourth-order valence-electron chi connectivity index (χ4n) is 2.26. The van der Waals surface area contributed by atoms with Crippen LogP contribution < -0.4 is 5.32 Å². The van der Waals surface area contributed by atoms with E-state index in [-0.39, 0.29) is 5.41 Å². The molecule has 1 saturated carbocycles. The lowest BCUT2D eigenvalue weighted by Crippen LogP contribution is -2.35. The van der Waals surface area contributed by atoms with E-state index in [1.807, 2.05) is 13.8 Å². The SMILES string of the molecule is CCNC1CCC(OCCC(C)(C)C#N)CC1. The number of hydrogen-bond acceptors (Lipinski definition) is 3. The van der Waals surface area contributed by atoms with Gasteiger partial charge in [0.05, 0.1) is 17.6 Å². The van der Waals surface area contributed by atoms with E-state index in [1.165, 1.54) is 12.8 Å². The molecule has 0 heterocycles. The summed E-state index contributed by atoms with van der Waals surface area (Å²) in [4.78, 5) is 0. The van der Waals surface area contributed by atoms with Gasteiger partial charge in [-0.05, 0) is 52.5 Å². The van der Waals surface area contributed by atoms with Crippen LogP contribution in [-0.2, 0) is 4.74 Å². The van der Waals surface area contributed by atoms with E-state index in [2.05, 4.69) is 18.3 Å². The quantitative estimate of drug-likeness (QED) is 0.774. The van der Waals surface area contributed by atoms with Gasteiger partial charge >= 0.3 is 0 Å². The highest BCUT2D eigenvalue weighted by Crippen LogP contribution is 2.23. The van der Waals surface area contributed by atoms with Crippen LogP contribution in [0.25, 0.3) is 0 Å². The zero-order valence-electron chi connectivity index (χ0n) is 11.5. The molecule has 0 spiro atoms. The van der Waals surface area contributed by atoms with Crippen molar-refractivity contribution in [2.45, 2.75) is 65.0 Å². The van der Waals surface area contributed by atoms with Crippen LogP contribution in [0.1, 0.15) is 52.9 Å². The predicted molar refractivity (Wildman–Crippen MR) is 69.7 cm³/mol. The molecule has 17 heavy (non-hydrogen) atoms. The molecule has 1 aliphatic rings. The minimum atomic E-state index is -0.249. The first-order valence-corrected chi connectivity index (χ1v) is 6.83. The van der Waals surface area contributed by atoms with Crippen molar-refractivity contribution in [1.82, 2.24) is 5.32 Å². The number of nitrogens with one attached hydrogen (secondary N) is 1. The van der Waals surface area contributed by atoms with Gasteiger partial charge in [-0.1, -0.05) is 6.92 Å². The maximum atomic E-state index is 8.91. The fourth-order valence-corrected chi connectivity index (χ4v) is 2.26. The maximum absolute atomic E-state index is 8.91. The Balaban J connectivity index is 2.13. The van der Waals surface area contributed by atoms with Crippen LogP contribution in [0.2, 0.25) is 0 Å². The smallest absolute Gasteiger partial charge is 0.0684 e. The molecule has 0 aromatic carbocycles. The number of nitrogens with zero attached hydrogens (tertiary/aromatic N) is 1. The van der Waals surface area contributed by atoms with Gasteiger partial charge in [-0.2, -0.15) is 5.26 Å². The summed E-state index contributed by atoms with van der Waals surface area (Å²) < 4.78 is 5.87. The van der Waals surface area contributed by atoms with E-state index in [4.69, 9.17) is 10.00 Å². The van der Waals surface area contributed by atoms with E-state index < -0.39 is 0 Å². The summed E-state index contributed by atoms with van der Waals surface area (Å²) in [5, 5.41) is 12.4. The number of hydrogen-bond donors (Lipinski definition) is 1. The predicted octanol–water partition coefficient (Wildman–Crippen LogP) is 2.86. The Morgan fingerprint density at radius 1 is 1.29 bits per heavy atom. The third kappa shape index (κ3) is 5.52. The van der Waals surface area contributed by atoms with E-state index in [0.717, 1.165) is 32.4 Å². The number of ether oxygens (including phenoxy) is 1. The largest absolute Gasteiger partial charge is 0.378 e. The molecule has 0 saturated heterocycles. The van der Waals surface area contributed by atoms with Gasteiger partial charge in [0.15, 0.2) is 0 Å². The van der Waals surface area contributed by atoms with Crippen LogP contribution >= 0.6 is 0 Å². The van der Waals surface area contributed by atoms with Crippen molar-refractivity contribution in [3.8, 4) is 6.07 Å². The van der Waals surface area contributed by atoms with Crippen LogP contribution in [0.3, 0.4) is 0 Å². The highest BCUT2D eigenvalue weighted by Gasteiger charge is 2.22. The highest BCUT2D eigenvalue weighted by molar-refractivity contribution is 4.91. The third-order valence-electron chi connectivity index (χ3n) is 3.55. The first-order chi connectivity index (χ1) is 8.07. The summed E-state index contributed by atoms with van der Waals surface area (Å²) in [5.41, 5.74) is -0.249. The van der Waals surface area contributed by atoms with Gasteiger partial charge in [0, 0.05) is 12.6 Å². The normalized spacial score (nSPS) is 25.5. The molecule has 0 aromatic heterocycles. The van der Waals surface area contributed by atoms with Crippen molar-refractivity contribution >= 4 is 0 Å². The van der Waals surface area contributed by atoms with Crippen molar-refractivity contribution in [3.63, 3.8) is 0 Å². The Morgan fingerprint density at radius 2 is 1.94 bits per heavy atom. The van der Waals surface area contributed by atoms with E-state index in [1.54, 1.807) is 0 Å². The number of rotatable bonds is 6. The molecular formula is C14H26N2O. The minimum absolute atomic E-state index is 0.249. The molecule has 1 fully saturated rings. The molecule has 98 valence electrons. The highest BCUT2D eigenvalue weighted by atomic mass is 16.5. The van der Waals surface area contributed by atoms with Crippen LogP contribution in [0.4, 0.5) is 0 Å². The molecular weight excluding hydrogens is 212 g/mol. The lowest BCUT2D eigenvalue weighted by molar-refractivity contribution is 0.0136. The van der Waals surface area contributed by atoms with Crippen LogP contribution in [0.15, 0.2) is 0 Å². The van der Waals surface area contributed by atoms with Gasteiger partial charge in [-0.15, -0.1) is 0 Å². The van der Waals surface area contributed by atoms with Crippen molar-refractivity contribution in [1.29, 1.82) is 5.26 Å². The van der Waals surface area contributed by atoms with E-state index >= 15 is 0 Å². The summed E-state index contributed by atoms with van der Waals surface area (Å²) in [6.45, 7) is 7.88. The monoisotopic (exact) mass is 238 g/mol. The second-order valence-corrected chi connectivity index (χ2v) is 5.65. The average molecular weight is 238 g/mol. The Hall–Kier alpha value is -0.590. The second-order valence-electron chi connectivity index (χ2n) is 5.65. The lowest BCUT2D eigenvalue weighted by atomic mass is 9.91. The van der Waals surface area contributed by atoms with Crippen molar-refractivity contribution < 1.29 is 4.74 Å². The molecule has 0 amide bonds. The molecule has 0 radical (unpaired) electrons. The van der Waals surface area contributed by atoms with Crippen molar-refractivity contribution in [2.24, 2.45) is 5.41 Å². The molecule has 0 unspecified atom stereocenters. The van der Waals surface area contributed by atoms with Gasteiger partial charge in [0.2, 0.25) is 0 Å². The summed E-state index contributed by atoms with van der Waals surface area (Å²) >= 11 is 0. The van der Waals surface area contributed by atoms with Gasteiger partial charge in [-0.3, -0.25) is 0 Å². The first-order valence-electron chi connectivity index (χ1n) is 6.83. The summed E-state index contributed by atoms with van der Waals surface area (Å²) in [7, 11) is 0. The topological polar surface area (TPSA) is 45.0 Å². The molecule has 3 heteroatoms. The molecule has 1 N–H and O–H groups in total. The average Bonchev–Trinajstić information content (AvgIpc) is 2.32. The van der Waals surface area contributed by atoms with Gasteiger partial charge < -0.3 is 10.1 Å². The van der Waals surface area contributed by atoms with Gasteiger partial charge in [-0.25, -0.2) is 0 Å². The van der Waals surface area contributed by atoms with Crippen molar-refractivity contribution in [3.05, 3.63) is 0 Å². The van der Waals surface area contributed by atoms with Gasteiger partial charge in [0.1, 0.15) is 0 Å². The van der Waals surface area contributed by atoms with E-state index in [9.17, 15) is 0 Å². The molecule has 0 aliphatic heterocycles. The summed E-state index contributed by atoms with van der Waals surface area (Å²) in [6.07, 6.45) is 6.01. The lowest BCUT2D eigenvalue weighted by Gasteiger charge is -2.29. The fraction of sp³-hybridized carbons (Fsp3) is 0.929. The third-order valence-corrected chi connectivity index (χ3v) is 3.55. The Bertz CT molecular complexity index is 249. The molecule has 0 atom stereocenters. The Morgan fingerprint density at radius 3 is 2.47 bits per heavy atom. The molecule has 3 nitrogen and oxygen atoms in total. The van der Waals surface area contributed by atoms with Crippen LogP contribution in [0.5, 0.6) is 0 Å². The van der Waals surface area contributed by atoms with Crippen LogP contribution in [-0.4, -0.2) is 25.3 Å². The zero-order valence-corrected chi connectivity index (χ0v) is 11.5. The molecule has 0 aromatic rings. The second kappa shape index (κ2) is 6.98. The first kappa shape index (κ1) is 14.5. The summed E-state index contributed by atoms with van der Waals surface area (Å²) in [6, 6.07) is 3.00. The standard InChI is InChI=1S/C14H26N2O/c1-4-16-12-5-7-13(8-6-12)17-10-9-14(2,3)11-15/h12-13,16H,4-10H2,1-3H3. The zero-order chi connectivity index (χ0) is 12.7. The maximum Gasteiger partial charge on any atom is 0.0684 e. The van der Waals surface area contributed by atoms with E-state index in [0.29, 0.717) is 12.1 Å². The Kier molecular flexibility index (Phi) is 5.94. The Labute approximate surface area is 106 Å². The number of nitriles is 1. The minimum Gasteiger partial charge on any atom is -0.378 e. The molecule has 0 bridgehead atoms. The van der Waals surface area contributed by atoms with Gasteiger partial charge in [0.25, 0.3) is 0 Å².